The van der Waals surface area contributed by atoms with Crippen LogP contribution in [-0.2, 0) is 4.79 Å². The monoisotopic (exact) mass is 526 g/mol. The predicted octanol–water partition coefficient (Wildman–Crippen LogP) is 5.15. The van der Waals surface area contributed by atoms with Crippen molar-refractivity contribution in [2.45, 2.75) is 26.2 Å². The first-order chi connectivity index (χ1) is 18.9. The molecule has 5 rings (SSSR count). The highest BCUT2D eigenvalue weighted by Gasteiger charge is 2.43. The summed E-state index contributed by atoms with van der Waals surface area (Å²) in [5.74, 6) is 1.33. The van der Waals surface area contributed by atoms with E-state index in [2.05, 4.69) is 52.5 Å². The topological polar surface area (TPSA) is 73.9 Å². The molecule has 1 aliphatic heterocycles. The number of rotatable bonds is 9. The number of nitrogens with one attached hydrogen (secondary N) is 2. The molecule has 3 aromatic carbocycles. The number of nitrogens with zero attached hydrogens (tertiary/aromatic N) is 2. The Morgan fingerprint density at radius 2 is 1.56 bits per heavy atom. The third kappa shape index (κ3) is 6.19. The summed E-state index contributed by atoms with van der Waals surface area (Å²) in [6.07, 6.45) is 0.853. The molecule has 2 atom stereocenters. The average molecular weight is 527 g/mol. The number of hydrogen-bond acceptors (Lipinski definition) is 5. The van der Waals surface area contributed by atoms with Crippen molar-refractivity contribution in [3.05, 3.63) is 83.9 Å². The summed E-state index contributed by atoms with van der Waals surface area (Å²) in [4.78, 5) is 30.9. The van der Waals surface area contributed by atoms with Crippen molar-refractivity contribution in [3.63, 3.8) is 0 Å². The standard InChI is InChI=1S/C32H38N4O3/c1-22(2)21-33-31(37)27-19-24(34-32(38)26-20-25(26)23-9-5-4-6-10-23)13-14-28(27)35-15-17-36(18-16-35)29-11-7-8-12-30(29)39-3/h4-14,19,22,25-26H,15-18,20-21H2,1-3H3,(H,33,37)(H,34,38). The lowest BCUT2D eigenvalue weighted by molar-refractivity contribution is -0.117. The van der Waals surface area contributed by atoms with Gasteiger partial charge in [-0.2, -0.15) is 0 Å². The molecule has 7 heteroatoms. The molecule has 2 unspecified atom stereocenters. The first kappa shape index (κ1) is 26.6. The van der Waals surface area contributed by atoms with Crippen molar-refractivity contribution in [1.29, 1.82) is 0 Å². The van der Waals surface area contributed by atoms with E-state index in [1.165, 1.54) is 5.56 Å². The lowest BCUT2D eigenvalue weighted by Gasteiger charge is -2.38. The van der Waals surface area contributed by atoms with E-state index in [-0.39, 0.29) is 23.7 Å². The van der Waals surface area contributed by atoms with E-state index in [1.807, 2.05) is 54.6 Å². The molecule has 2 aliphatic rings. The van der Waals surface area contributed by atoms with Crippen molar-refractivity contribution in [3.8, 4) is 5.75 Å². The minimum Gasteiger partial charge on any atom is -0.495 e. The molecule has 1 aliphatic carbocycles. The smallest absolute Gasteiger partial charge is 0.253 e. The van der Waals surface area contributed by atoms with Gasteiger partial charge in [-0.25, -0.2) is 0 Å². The third-order valence-corrected chi connectivity index (χ3v) is 7.58. The molecule has 7 nitrogen and oxygen atoms in total. The number of carbonyl (C=O) groups is 2. The summed E-state index contributed by atoms with van der Waals surface area (Å²) >= 11 is 0. The highest BCUT2D eigenvalue weighted by molar-refractivity contribution is 6.02. The van der Waals surface area contributed by atoms with Crippen LogP contribution < -0.4 is 25.2 Å². The number of piperazine rings is 1. The zero-order chi connectivity index (χ0) is 27.4. The zero-order valence-electron chi connectivity index (χ0n) is 23.0. The van der Waals surface area contributed by atoms with Crippen molar-refractivity contribution < 1.29 is 14.3 Å². The molecular weight excluding hydrogens is 488 g/mol. The second-order valence-electron chi connectivity index (χ2n) is 10.8. The van der Waals surface area contributed by atoms with Gasteiger partial charge in [-0.05, 0) is 54.2 Å². The van der Waals surface area contributed by atoms with Crippen molar-refractivity contribution in [1.82, 2.24) is 5.32 Å². The molecule has 2 fully saturated rings. The zero-order valence-corrected chi connectivity index (χ0v) is 23.0. The molecule has 39 heavy (non-hydrogen) atoms. The fraction of sp³-hybridized carbons (Fsp3) is 0.375. The number of para-hydroxylation sites is 2. The normalized spacial score (nSPS) is 18.6. The molecule has 2 amide bonds. The number of methoxy groups -OCH3 is 1. The fourth-order valence-electron chi connectivity index (χ4n) is 5.33. The van der Waals surface area contributed by atoms with E-state index < -0.39 is 0 Å². The van der Waals surface area contributed by atoms with Crippen LogP contribution in [0.3, 0.4) is 0 Å². The highest BCUT2D eigenvalue weighted by atomic mass is 16.5. The summed E-state index contributed by atoms with van der Waals surface area (Å²) in [7, 11) is 1.70. The van der Waals surface area contributed by atoms with Gasteiger partial charge in [-0.1, -0.05) is 56.3 Å². The summed E-state index contributed by atoms with van der Waals surface area (Å²) < 4.78 is 5.56. The van der Waals surface area contributed by atoms with Crippen molar-refractivity contribution >= 4 is 28.9 Å². The van der Waals surface area contributed by atoms with Crippen LogP contribution in [0.1, 0.15) is 42.1 Å². The SMILES string of the molecule is COc1ccccc1N1CCN(c2ccc(NC(=O)C3CC3c3ccccc3)cc2C(=O)NCC(C)C)CC1. The molecule has 0 spiro atoms. The van der Waals surface area contributed by atoms with E-state index in [4.69, 9.17) is 4.74 Å². The number of carbonyl (C=O) groups excluding carboxylic acids is 2. The Kier molecular flexibility index (Phi) is 8.05. The Labute approximate surface area is 231 Å². The number of anilines is 3. The molecule has 0 bridgehead atoms. The Balaban J connectivity index is 1.30. The fourth-order valence-corrected chi connectivity index (χ4v) is 5.33. The molecule has 3 aromatic rings. The Morgan fingerprint density at radius 3 is 2.26 bits per heavy atom. The van der Waals surface area contributed by atoms with Crippen molar-refractivity contribution in [2.75, 3.05) is 55.0 Å². The van der Waals surface area contributed by atoms with Crippen LogP contribution >= 0.6 is 0 Å². The van der Waals surface area contributed by atoms with Gasteiger partial charge in [0.25, 0.3) is 5.91 Å². The van der Waals surface area contributed by atoms with Gasteiger partial charge in [0.2, 0.25) is 5.91 Å². The minimum atomic E-state index is -0.115. The molecule has 1 heterocycles. The molecule has 1 saturated heterocycles. The maximum atomic E-state index is 13.3. The Hall–Kier alpha value is -4.00. The molecular formula is C32H38N4O3. The van der Waals surface area contributed by atoms with Crippen LogP contribution in [0.2, 0.25) is 0 Å². The van der Waals surface area contributed by atoms with Crippen molar-refractivity contribution in [2.24, 2.45) is 11.8 Å². The number of ether oxygens (including phenoxy) is 1. The Bertz CT molecular complexity index is 1300. The predicted molar refractivity (Wildman–Crippen MR) is 157 cm³/mol. The lowest BCUT2D eigenvalue weighted by Crippen LogP contribution is -2.47. The van der Waals surface area contributed by atoms with Crippen LogP contribution in [0.15, 0.2) is 72.8 Å². The second kappa shape index (κ2) is 11.8. The third-order valence-electron chi connectivity index (χ3n) is 7.58. The largest absolute Gasteiger partial charge is 0.495 e. The van der Waals surface area contributed by atoms with Crippen LogP contribution in [0.25, 0.3) is 0 Å². The first-order valence-corrected chi connectivity index (χ1v) is 13.9. The average Bonchev–Trinajstić information content (AvgIpc) is 3.78. The van der Waals surface area contributed by atoms with E-state index in [0.29, 0.717) is 23.7 Å². The first-order valence-electron chi connectivity index (χ1n) is 13.9. The Morgan fingerprint density at radius 1 is 0.897 bits per heavy atom. The summed E-state index contributed by atoms with van der Waals surface area (Å²) in [6.45, 7) is 7.92. The van der Waals surface area contributed by atoms with Gasteiger partial charge in [-0.3, -0.25) is 9.59 Å². The molecule has 1 saturated carbocycles. The van der Waals surface area contributed by atoms with Crippen LogP contribution in [-0.4, -0.2) is 51.6 Å². The molecule has 2 N–H and O–H groups in total. The maximum absolute atomic E-state index is 13.3. The summed E-state index contributed by atoms with van der Waals surface area (Å²) in [5.41, 5.74) is 4.43. The van der Waals surface area contributed by atoms with E-state index in [1.54, 1.807) is 7.11 Å². The molecule has 204 valence electrons. The van der Waals surface area contributed by atoms with Gasteiger partial charge in [0.1, 0.15) is 5.75 Å². The van der Waals surface area contributed by atoms with Crippen LogP contribution in [0.4, 0.5) is 17.1 Å². The second-order valence-corrected chi connectivity index (χ2v) is 10.8. The van der Waals surface area contributed by atoms with Crippen LogP contribution in [0.5, 0.6) is 5.75 Å². The number of benzene rings is 3. The van der Waals surface area contributed by atoms with Gasteiger partial charge < -0.3 is 25.2 Å². The summed E-state index contributed by atoms with van der Waals surface area (Å²) in [5, 5.41) is 6.14. The van der Waals surface area contributed by atoms with Gasteiger partial charge in [0.15, 0.2) is 0 Å². The van der Waals surface area contributed by atoms with E-state index >= 15 is 0 Å². The van der Waals surface area contributed by atoms with Crippen LogP contribution in [0, 0.1) is 11.8 Å². The van der Waals surface area contributed by atoms with E-state index in [9.17, 15) is 9.59 Å². The molecule has 0 radical (unpaired) electrons. The van der Waals surface area contributed by atoms with Gasteiger partial charge in [-0.15, -0.1) is 0 Å². The maximum Gasteiger partial charge on any atom is 0.253 e. The number of amides is 2. The highest BCUT2D eigenvalue weighted by Crippen LogP contribution is 2.48. The van der Waals surface area contributed by atoms with Gasteiger partial charge in [0.05, 0.1) is 18.4 Å². The lowest BCUT2D eigenvalue weighted by atomic mass is 10.1. The van der Waals surface area contributed by atoms with E-state index in [0.717, 1.165) is 49.7 Å². The quantitative estimate of drug-likeness (QED) is 0.404. The number of hydrogen-bond donors (Lipinski definition) is 2. The molecule has 0 aromatic heterocycles. The van der Waals surface area contributed by atoms with Gasteiger partial charge >= 0.3 is 0 Å². The van der Waals surface area contributed by atoms with Gasteiger partial charge in [0, 0.05) is 50.0 Å². The minimum absolute atomic E-state index is 0.00978. The summed E-state index contributed by atoms with van der Waals surface area (Å²) in [6, 6.07) is 24.0.